The molecule has 2 rings (SSSR count). The third-order valence-corrected chi connectivity index (χ3v) is 3.94. The summed E-state index contributed by atoms with van der Waals surface area (Å²) in [5, 5.41) is 6.40. The van der Waals surface area contributed by atoms with E-state index in [1.165, 1.54) is 0 Å². The number of rotatable bonds is 8. The van der Waals surface area contributed by atoms with Crippen LogP contribution >= 0.6 is 12.4 Å². The minimum atomic E-state index is -0.0436. The molecule has 1 aliphatic heterocycles. The van der Waals surface area contributed by atoms with Crippen LogP contribution in [0.2, 0.25) is 0 Å². The van der Waals surface area contributed by atoms with E-state index in [0.717, 1.165) is 38.8 Å². The van der Waals surface area contributed by atoms with Gasteiger partial charge in [-0.1, -0.05) is 13.3 Å². The molecule has 5 nitrogen and oxygen atoms in total. The summed E-state index contributed by atoms with van der Waals surface area (Å²) in [6.07, 6.45) is 4.04. The van der Waals surface area contributed by atoms with Gasteiger partial charge in [0.25, 0.3) is 5.91 Å². The normalized spacial score (nSPS) is 14.6. The first-order valence-corrected chi connectivity index (χ1v) is 8.65. The van der Waals surface area contributed by atoms with Gasteiger partial charge in [0.05, 0.1) is 13.2 Å². The van der Waals surface area contributed by atoms with E-state index >= 15 is 0 Å². The number of ether oxygens (including phenoxy) is 2. The number of benzene rings is 1. The van der Waals surface area contributed by atoms with Gasteiger partial charge in [-0.05, 0) is 57.5 Å². The average molecular weight is 357 g/mol. The lowest BCUT2D eigenvalue weighted by Crippen LogP contribution is -2.42. The number of nitrogens with one attached hydrogen (secondary N) is 2. The van der Waals surface area contributed by atoms with Crippen LogP contribution < -0.4 is 20.1 Å². The summed E-state index contributed by atoms with van der Waals surface area (Å²) in [4.78, 5) is 12.4. The van der Waals surface area contributed by atoms with Crippen LogP contribution in [0.5, 0.6) is 11.5 Å². The van der Waals surface area contributed by atoms with Crippen molar-refractivity contribution in [3.8, 4) is 11.5 Å². The van der Waals surface area contributed by atoms with Crippen molar-refractivity contribution < 1.29 is 14.3 Å². The molecular weight excluding hydrogens is 328 g/mol. The van der Waals surface area contributed by atoms with E-state index < -0.39 is 0 Å². The van der Waals surface area contributed by atoms with Crippen LogP contribution in [0.4, 0.5) is 0 Å². The number of carbonyl (C=O) groups excluding carboxylic acids is 1. The summed E-state index contributed by atoms with van der Waals surface area (Å²) in [6, 6.07) is 5.67. The van der Waals surface area contributed by atoms with Gasteiger partial charge >= 0.3 is 0 Å². The zero-order chi connectivity index (χ0) is 16.5. The summed E-state index contributed by atoms with van der Waals surface area (Å²) in [6.45, 7) is 7.18. The first-order chi connectivity index (χ1) is 11.2. The Hall–Kier alpha value is -1.46. The van der Waals surface area contributed by atoms with Gasteiger partial charge in [-0.2, -0.15) is 0 Å². The Morgan fingerprint density at radius 2 is 1.96 bits per heavy atom. The molecule has 1 saturated heterocycles. The van der Waals surface area contributed by atoms with Gasteiger partial charge in [0, 0.05) is 11.6 Å². The fourth-order valence-electron chi connectivity index (χ4n) is 2.60. The zero-order valence-corrected chi connectivity index (χ0v) is 15.4. The van der Waals surface area contributed by atoms with E-state index in [4.69, 9.17) is 9.47 Å². The molecule has 1 aromatic carbocycles. The molecule has 0 spiro atoms. The quantitative estimate of drug-likeness (QED) is 0.702. The van der Waals surface area contributed by atoms with E-state index in [-0.39, 0.29) is 24.4 Å². The maximum atomic E-state index is 12.4. The second-order valence-corrected chi connectivity index (χ2v) is 5.79. The molecule has 1 fully saturated rings. The summed E-state index contributed by atoms with van der Waals surface area (Å²) in [7, 11) is 0. The highest BCUT2D eigenvalue weighted by Gasteiger charge is 2.17. The van der Waals surface area contributed by atoms with Crippen molar-refractivity contribution in [1.29, 1.82) is 0 Å². The smallest absolute Gasteiger partial charge is 0.251 e. The Balaban J connectivity index is 0.00000288. The van der Waals surface area contributed by atoms with Gasteiger partial charge in [0.1, 0.15) is 0 Å². The van der Waals surface area contributed by atoms with Crippen LogP contribution in [0.25, 0.3) is 0 Å². The van der Waals surface area contributed by atoms with Gasteiger partial charge in [0.2, 0.25) is 0 Å². The number of carbonyl (C=O) groups is 1. The molecule has 0 atom stereocenters. The van der Waals surface area contributed by atoms with E-state index in [2.05, 4.69) is 17.6 Å². The number of hydrogen-bond acceptors (Lipinski definition) is 4. The summed E-state index contributed by atoms with van der Waals surface area (Å²) >= 11 is 0. The largest absolute Gasteiger partial charge is 0.490 e. The lowest BCUT2D eigenvalue weighted by molar-refractivity contribution is 0.0929. The van der Waals surface area contributed by atoms with Crippen LogP contribution in [0.1, 0.15) is 49.9 Å². The molecular formula is C18H29ClN2O3. The van der Waals surface area contributed by atoms with Gasteiger partial charge in [-0.25, -0.2) is 0 Å². The average Bonchev–Trinajstić information content (AvgIpc) is 2.57. The van der Waals surface area contributed by atoms with Crippen LogP contribution in [-0.4, -0.2) is 38.3 Å². The highest BCUT2D eigenvalue weighted by molar-refractivity contribution is 5.95. The molecule has 0 saturated carbocycles. The Morgan fingerprint density at radius 1 is 1.21 bits per heavy atom. The van der Waals surface area contributed by atoms with Crippen molar-refractivity contribution in [2.24, 2.45) is 0 Å². The first kappa shape index (κ1) is 20.6. The predicted octanol–water partition coefficient (Wildman–Crippen LogP) is 3.17. The van der Waals surface area contributed by atoms with Crippen LogP contribution in [0.3, 0.4) is 0 Å². The Morgan fingerprint density at radius 3 is 2.62 bits per heavy atom. The molecule has 1 heterocycles. The molecule has 1 aromatic rings. The van der Waals surface area contributed by atoms with Gasteiger partial charge < -0.3 is 20.1 Å². The van der Waals surface area contributed by atoms with Crippen molar-refractivity contribution in [3.63, 3.8) is 0 Å². The van der Waals surface area contributed by atoms with Crippen molar-refractivity contribution in [2.75, 3.05) is 26.3 Å². The van der Waals surface area contributed by atoms with E-state index in [0.29, 0.717) is 30.3 Å². The molecule has 2 N–H and O–H groups in total. The summed E-state index contributed by atoms with van der Waals surface area (Å²) in [5.74, 6) is 1.30. The summed E-state index contributed by atoms with van der Waals surface area (Å²) in [5.41, 5.74) is 0.620. The molecule has 0 radical (unpaired) electrons. The van der Waals surface area contributed by atoms with Crippen LogP contribution in [-0.2, 0) is 0 Å². The molecule has 136 valence electrons. The minimum Gasteiger partial charge on any atom is -0.490 e. The molecule has 0 unspecified atom stereocenters. The van der Waals surface area contributed by atoms with Crippen LogP contribution in [0.15, 0.2) is 18.2 Å². The van der Waals surface area contributed by atoms with Crippen molar-refractivity contribution in [1.82, 2.24) is 10.6 Å². The van der Waals surface area contributed by atoms with Crippen molar-refractivity contribution in [2.45, 2.75) is 45.6 Å². The topological polar surface area (TPSA) is 59.6 Å². The molecule has 1 aliphatic rings. The fraction of sp³-hybridized carbons (Fsp3) is 0.611. The second kappa shape index (κ2) is 11.2. The number of unbranched alkanes of at least 4 members (excludes halogenated alkanes) is 1. The Kier molecular flexibility index (Phi) is 9.57. The van der Waals surface area contributed by atoms with Gasteiger partial charge in [-0.3, -0.25) is 4.79 Å². The number of hydrogen-bond donors (Lipinski definition) is 2. The third-order valence-electron chi connectivity index (χ3n) is 3.94. The van der Waals surface area contributed by atoms with E-state index in [1.54, 1.807) is 12.1 Å². The molecule has 6 heteroatoms. The maximum absolute atomic E-state index is 12.4. The minimum absolute atomic E-state index is 0. The van der Waals surface area contributed by atoms with E-state index in [9.17, 15) is 4.79 Å². The van der Waals surface area contributed by atoms with Gasteiger partial charge in [-0.15, -0.1) is 12.4 Å². The molecule has 24 heavy (non-hydrogen) atoms. The predicted molar refractivity (Wildman–Crippen MR) is 98.6 cm³/mol. The second-order valence-electron chi connectivity index (χ2n) is 5.79. The highest BCUT2D eigenvalue weighted by atomic mass is 35.5. The monoisotopic (exact) mass is 356 g/mol. The van der Waals surface area contributed by atoms with Crippen LogP contribution in [0, 0.1) is 0 Å². The Bertz CT molecular complexity index is 505. The SMILES string of the molecule is CCCCOc1ccc(C(=O)NC2CCNCC2)cc1OCC.Cl. The standard InChI is InChI=1S/C18H28N2O3.ClH/c1-3-5-12-23-16-7-6-14(13-17(16)22-4-2)18(21)20-15-8-10-19-11-9-15;/h6-7,13,15,19H,3-5,8-12H2,1-2H3,(H,20,21);1H. The lowest BCUT2D eigenvalue weighted by Gasteiger charge is -2.23. The summed E-state index contributed by atoms with van der Waals surface area (Å²) < 4.78 is 11.4. The fourth-order valence-corrected chi connectivity index (χ4v) is 2.60. The molecule has 0 bridgehead atoms. The molecule has 0 aliphatic carbocycles. The Labute approximate surface area is 150 Å². The molecule has 0 aromatic heterocycles. The van der Waals surface area contributed by atoms with Crippen molar-refractivity contribution >= 4 is 18.3 Å². The highest BCUT2D eigenvalue weighted by Crippen LogP contribution is 2.29. The number of amides is 1. The van der Waals surface area contributed by atoms with Crippen molar-refractivity contribution in [3.05, 3.63) is 23.8 Å². The lowest BCUT2D eigenvalue weighted by atomic mass is 10.1. The van der Waals surface area contributed by atoms with Gasteiger partial charge in [0.15, 0.2) is 11.5 Å². The van der Waals surface area contributed by atoms with E-state index in [1.807, 2.05) is 13.0 Å². The first-order valence-electron chi connectivity index (χ1n) is 8.65. The molecule has 1 amide bonds. The third kappa shape index (κ3) is 6.21. The zero-order valence-electron chi connectivity index (χ0n) is 14.6. The maximum Gasteiger partial charge on any atom is 0.251 e. The number of halogens is 1. The number of piperidine rings is 1.